The van der Waals surface area contributed by atoms with E-state index in [0.29, 0.717) is 5.75 Å². The second-order valence-electron chi connectivity index (χ2n) is 4.52. The molecule has 0 saturated heterocycles. The van der Waals surface area contributed by atoms with Crippen molar-refractivity contribution in [2.75, 3.05) is 5.75 Å². The second-order valence-corrected chi connectivity index (χ2v) is 5.56. The van der Waals surface area contributed by atoms with Gasteiger partial charge in [0.15, 0.2) is 5.78 Å². The van der Waals surface area contributed by atoms with Crippen LogP contribution in [0.4, 0.5) is 0 Å². The maximum atomic E-state index is 12.1. The van der Waals surface area contributed by atoms with Crippen molar-refractivity contribution in [2.45, 2.75) is 25.7 Å². The van der Waals surface area contributed by atoms with Crippen molar-refractivity contribution < 1.29 is 4.79 Å². The van der Waals surface area contributed by atoms with E-state index in [1.165, 1.54) is 5.56 Å². The third-order valence-corrected chi connectivity index (χ3v) is 3.85. The minimum absolute atomic E-state index is 0.183. The van der Waals surface area contributed by atoms with E-state index >= 15 is 0 Å². The molecule has 0 unspecified atom stereocenters. The number of thioether (sulfide) groups is 1. The number of rotatable bonds is 4. The molecule has 1 aromatic heterocycles. The normalized spacial score (nSPS) is 10.6. The van der Waals surface area contributed by atoms with E-state index in [-0.39, 0.29) is 5.78 Å². The molecular formula is C15H17NOS. The fraction of sp³-hybridized carbons (Fsp3) is 0.267. The molecule has 0 atom stereocenters. The summed E-state index contributed by atoms with van der Waals surface area (Å²) in [4.78, 5) is 16.4. The van der Waals surface area contributed by atoms with Crippen LogP contribution < -0.4 is 0 Å². The van der Waals surface area contributed by atoms with E-state index in [9.17, 15) is 4.79 Å². The average Bonchev–Trinajstić information content (AvgIpc) is 2.67. The molecule has 0 aliphatic heterocycles. The van der Waals surface area contributed by atoms with Crippen molar-refractivity contribution in [3.63, 3.8) is 0 Å². The molecule has 94 valence electrons. The Hall–Kier alpha value is -1.48. The third-order valence-electron chi connectivity index (χ3n) is 2.84. The van der Waals surface area contributed by atoms with Crippen LogP contribution in [-0.4, -0.2) is 16.5 Å². The monoisotopic (exact) mass is 259 g/mol. The lowest BCUT2D eigenvalue weighted by molar-refractivity contribution is 0.102. The minimum Gasteiger partial charge on any atom is -0.362 e. The zero-order chi connectivity index (χ0) is 13.1. The molecule has 0 amide bonds. The fourth-order valence-corrected chi connectivity index (χ4v) is 2.66. The molecule has 0 saturated carbocycles. The van der Waals surface area contributed by atoms with Crippen LogP contribution in [0.3, 0.4) is 0 Å². The Kier molecular flexibility index (Phi) is 3.92. The summed E-state index contributed by atoms with van der Waals surface area (Å²) < 4.78 is 0. The smallest absolute Gasteiger partial charge is 0.174 e. The van der Waals surface area contributed by atoms with Crippen LogP contribution >= 0.6 is 11.8 Å². The van der Waals surface area contributed by atoms with Crippen LogP contribution in [0.15, 0.2) is 35.2 Å². The van der Waals surface area contributed by atoms with E-state index in [2.05, 4.69) is 36.2 Å². The lowest BCUT2D eigenvalue weighted by atomic mass is 10.2. The first-order valence-electron chi connectivity index (χ1n) is 5.95. The Balaban J connectivity index is 2.00. The van der Waals surface area contributed by atoms with Crippen LogP contribution in [0.1, 0.15) is 27.3 Å². The number of benzene rings is 1. The van der Waals surface area contributed by atoms with Crippen molar-refractivity contribution in [1.82, 2.24) is 4.98 Å². The summed E-state index contributed by atoms with van der Waals surface area (Å²) in [5, 5.41) is 0. The number of H-pyrrole nitrogens is 1. The van der Waals surface area contributed by atoms with Gasteiger partial charge in [-0.15, -0.1) is 11.8 Å². The van der Waals surface area contributed by atoms with Gasteiger partial charge in [-0.3, -0.25) is 4.79 Å². The summed E-state index contributed by atoms with van der Waals surface area (Å²) >= 11 is 1.59. The molecule has 0 aliphatic rings. The van der Waals surface area contributed by atoms with Gasteiger partial charge in [0.05, 0.1) is 5.75 Å². The van der Waals surface area contributed by atoms with Crippen LogP contribution in [0.5, 0.6) is 0 Å². The highest BCUT2D eigenvalue weighted by Crippen LogP contribution is 2.20. The fourth-order valence-electron chi connectivity index (χ4n) is 1.87. The van der Waals surface area contributed by atoms with Gasteiger partial charge in [0.25, 0.3) is 0 Å². The molecule has 0 spiro atoms. The highest BCUT2D eigenvalue weighted by Gasteiger charge is 2.11. The number of hydrogen-bond acceptors (Lipinski definition) is 2. The standard InChI is InChI=1S/C15H17NOS/c1-10-4-6-13(7-5-10)18-9-15(17)14-8-11(2)16-12(14)3/h4-8,16H,9H2,1-3H3. The number of aryl methyl sites for hydroxylation is 3. The van der Waals surface area contributed by atoms with Gasteiger partial charge in [0.1, 0.15) is 0 Å². The molecule has 1 heterocycles. The first kappa shape index (κ1) is 13.0. The highest BCUT2D eigenvalue weighted by molar-refractivity contribution is 8.00. The number of aromatic nitrogens is 1. The summed E-state index contributed by atoms with van der Waals surface area (Å²) in [6.07, 6.45) is 0. The molecule has 1 N–H and O–H groups in total. The van der Waals surface area contributed by atoms with Crippen molar-refractivity contribution in [3.8, 4) is 0 Å². The maximum Gasteiger partial charge on any atom is 0.174 e. The van der Waals surface area contributed by atoms with E-state index < -0.39 is 0 Å². The highest BCUT2D eigenvalue weighted by atomic mass is 32.2. The third kappa shape index (κ3) is 3.05. The van der Waals surface area contributed by atoms with Gasteiger partial charge in [0.2, 0.25) is 0 Å². The largest absolute Gasteiger partial charge is 0.362 e. The Morgan fingerprint density at radius 1 is 1.17 bits per heavy atom. The van der Waals surface area contributed by atoms with Crippen LogP contribution in [0, 0.1) is 20.8 Å². The molecule has 1 aromatic carbocycles. The van der Waals surface area contributed by atoms with Crippen molar-refractivity contribution in [1.29, 1.82) is 0 Å². The van der Waals surface area contributed by atoms with Crippen LogP contribution in [0.25, 0.3) is 0 Å². The van der Waals surface area contributed by atoms with Crippen molar-refractivity contribution in [3.05, 3.63) is 52.8 Å². The summed E-state index contributed by atoms with van der Waals surface area (Å²) in [7, 11) is 0. The molecule has 0 bridgehead atoms. The predicted molar refractivity (Wildman–Crippen MR) is 76.5 cm³/mol. The number of aromatic amines is 1. The number of carbonyl (C=O) groups is 1. The molecule has 2 nitrogen and oxygen atoms in total. The summed E-state index contributed by atoms with van der Waals surface area (Å²) in [6.45, 7) is 5.97. The van der Waals surface area contributed by atoms with Gasteiger partial charge in [-0.2, -0.15) is 0 Å². The number of Topliss-reactive ketones (excluding diaryl/α,β-unsaturated/α-hetero) is 1. The maximum absolute atomic E-state index is 12.1. The van der Waals surface area contributed by atoms with E-state index in [0.717, 1.165) is 21.8 Å². The lowest BCUT2D eigenvalue weighted by Crippen LogP contribution is -2.02. The zero-order valence-corrected chi connectivity index (χ0v) is 11.7. The number of nitrogens with one attached hydrogen (secondary N) is 1. The minimum atomic E-state index is 0.183. The van der Waals surface area contributed by atoms with Crippen molar-refractivity contribution in [2.24, 2.45) is 0 Å². The topological polar surface area (TPSA) is 32.9 Å². The molecule has 18 heavy (non-hydrogen) atoms. The molecular weight excluding hydrogens is 242 g/mol. The number of hydrogen-bond donors (Lipinski definition) is 1. The first-order chi connectivity index (χ1) is 8.56. The Bertz CT molecular complexity index is 554. The SMILES string of the molecule is Cc1ccc(SCC(=O)c2cc(C)[nH]c2C)cc1. The molecule has 2 aromatic rings. The quantitative estimate of drug-likeness (QED) is 0.667. The van der Waals surface area contributed by atoms with E-state index in [1.807, 2.05) is 19.9 Å². The summed E-state index contributed by atoms with van der Waals surface area (Å²) in [5.74, 6) is 0.670. The number of carbonyl (C=O) groups excluding carboxylic acids is 1. The zero-order valence-electron chi connectivity index (χ0n) is 10.9. The van der Waals surface area contributed by atoms with Gasteiger partial charge in [-0.1, -0.05) is 17.7 Å². The Labute approximate surface area is 112 Å². The molecule has 0 aliphatic carbocycles. The molecule has 0 radical (unpaired) electrons. The first-order valence-corrected chi connectivity index (χ1v) is 6.93. The molecule has 3 heteroatoms. The van der Waals surface area contributed by atoms with Gasteiger partial charge < -0.3 is 4.98 Å². The van der Waals surface area contributed by atoms with Crippen LogP contribution in [-0.2, 0) is 0 Å². The van der Waals surface area contributed by atoms with Gasteiger partial charge >= 0.3 is 0 Å². The summed E-state index contributed by atoms with van der Waals surface area (Å²) in [6, 6.07) is 10.2. The summed E-state index contributed by atoms with van der Waals surface area (Å²) in [5.41, 5.74) is 4.05. The van der Waals surface area contributed by atoms with E-state index in [4.69, 9.17) is 0 Å². The molecule has 0 fully saturated rings. The predicted octanol–water partition coefficient (Wildman–Crippen LogP) is 3.91. The van der Waals surface area contributed by atoms with Crippen molar-refractivity contribution >= 4 is 17.5 Å². The average molecular weight is 259 g/mol. The van der Waals surface area contributed by atoms with E-state index in [1.54, 1.807) is 11.8 Å². The number of ketones is 1. The lowest BCUT2D eigenvalue weighted by Gasteiger charge is -2.01. The second kappa shape index (κ2) is 5.44. The Morgan fingerprint density at radius 2 is 1.83 bits per heavy atom. The van der Waals surface area contributed by atoms with Gasteiger partial charge in [0, 0.05) is 21.8 Å². The van der Waals surface area contributed by atoms with Gasteiger partial charge in [-0.05, 0) is 39.0 Å². The van der Waals surface area contributed by atoms with Gasteiger partial charge in [-0.25, -0.2) is 0 Å². The molecule has 2 rings (SSSR count). The Morgan fingerprint density at radius 3 is 2.39 bits per heavy atom. The van der Waals surface area contributed by atoms with Crippen LogP contribution in [0.2, 0.25) is 0 Å².